The van der Waals surface area contributed by atoms with Crippen molar-refractivity contribution in [2.24, 2.45) is 0 Å². The van der Waals surface area contributed by atoms with Crippen molar-refractivity contribution in [1.29, 1.82) is 0 Å². The fraction of sp³-hybridized carbons (Fsp3) is 0.571. The second kappa shape index (κ2) is 4.99. The Bertz CT molecular complexity index is 129. The number of hydrogen-bond acceptors (Lipinski definition) is 3. The molecule has 58 valence electrons. The molecule has 0 aromatic heterocycles. The van der Waals surface area contributed by atoms with Crippen LogP contribution in [0, 0.1) is 0 Å². The summed E-state index contributed by atoms with van der Waals surface area (Å²) in [6.07, 6.45) is 0.658. The summed E-state index contributed by atoms with van der Waals surface area (Å²) in [5, 5.41) is 8.20. The minimum absolute atomic E-state index is 0.314. The fourth-order valence-electron chi connectivity index (χ4n) is 0.385. The van der Waals surface area contributed by atoms with Gasteiger partial charge in [0.1, 0.15) is 6.61 Å². The van der Waals surface area contributed by atoms with Crippen molar-refractivity contribution in [3.05, 3.63) is 12.2 Å². The van der Waals surface area contributed by atoms with Crippen molar-refractivity contribution in [2.75, 3.05) is 13.2 Å². The van der Waals surface area contributed by atoms with Gasteiger partial charge in [-0.15, -0.1) is 6.58 Å². The van der Waals surface area contributed by atoms with Gasteiger partial charge in [0.25, 0.3) is 0 Å². The summed E-state index contributed by atoms with van der Waals surface area (Å²) >= 11 is 0. The predicted molar refractivity (Wildman–Crippen MR) is 37.5 cm³/mol. The number of esters is 1. The predicted octanol–water partition coefficient (Wildman–Crippen LogP) is 0.488. The molecule has 3 nitrogen and oxygen atoms in total. The van der Waals surface area contributed by atoms with E-state index in [9.17, 15) is 4.79 Å². The maximum Gasteiger partial charge on any atom is 0.331 e. The maximum atomic E-state index is 10.3. The first-order valence-electron chi connectivity index (χ1n) is 3.07. The van der Waals surface area contributed by atoms with E-state index < -0.39 is 12.6 Å². The molecule has 0 heterocycles. The highest BCUT2D eigenvalue weighted by Gasteiger charge is 1.97. The zero-order valence-corrected chi connectivity index (χ0v) is 6.09. The normalized spacial score (nSPS) is 9.00. The van der Waals surface area contributed by atoms with Crippen molar-refractivity contribution >= 4 is 5.97 Å². The molecule has 0 saturated carbocycles. The Morgan fingerprint density at radius 2 is 2.30 bits per heavy atom. The Labute approximate surface area is 60.3 Å². The van der Waals surface area contributed by atoms with Crippen molar-refractivity contribution in [2.45, 2.75) is 13.3 Å². The molecule has 0 unspecified atom stereocenters. The van der Waals surface area contributed by atoms with Crippen molar-refractivity contribution < 1.29 is 14.6 Å². The SMILES string of the molecule is C=C(C)CCOC(=O)CO. The first kappa shape index (κ1) is 9.17. The van der Waals surface area contributed by atoms with E-state index in [0.29, 0.717) is 13.0 Å². The number of aliphatic hydroxyl groups excluding tert-OH is 1. The van der Waals surface area contributed by atoms with Crippen molar-refractivity contribution in [3.63, 3.8) is 0 Å². The lowest BCUT2D eigenvalue weighted by molar-refractivity contribution is -0.146. The molecule has 0 bridgehead atoms. The lowest BCUT2D eigenvalue weighted by atomic mass is 10.3. The van der Waals surface area contributed by atoms with Gasteiger partial charge in [-0.2, -0.15) is 0 Å². The molecule has 10 heavy (non-hydrogen) atoms. The van der Waals surface area contributed by atoms with Gasteiger partial charge in [0.15, 0.2) is 0 Å². The van der Waals surface area contributed by atoms with Gasteiger partial charge in [-0.25, -0.2) is 4.79 Å². The molecular weight excluding hydrogens is 132 g/mol. The third-order valence-corrected chi connectivity index (χ3v) is 0.921. The summed E-state index contributed by atoms with van der Waals surface area (Å²) in [5.41, 5.74) is 0.964. The number of rotatable bonds is 4. The zero-order chi connectivity index (χ0) is 7.98. The molecular formula is C7H12O3. The van der Waals surface area contributed by atoms with Crippen LogP contribution in [0.3, 0.4) is 0 Å². The van der Waals surface area contributed by atoms with E-state index in [-0.39, 0.29) is 0 Å². The van der Waals surface area contributed by atoms with Crippen LogP contribution in [0.15, 0.2) is 12.2 Å². The van der Waals surface area contributed by atoms with Gasteiger partial charge in [0, 0.05) is 6.42 Å². The number of carbonyl (C=O) groups is 1. The van der Waals surface area contributed by atoms with Crippen LogP contribution in [-0.4, -0.2) is 24.3 Å². The quantitative estimate of drug-likeness (QED) is 0.461. The summed E-state index contributed by atoms with van der Waals surface area (Å²) in [6.45, 7) is 5.25. The average Bonchev–Trinajstić information content (AvgIpc) is 1.87. The Kier molecular flexibility index (Phi) is 4.58. The Morgan fingerprint density at radius 3 is 2.70 bits per heavy atom. The molecule has 0 aliphatic heterocycles. The summed E-state index contributed by atoms with van der Waals surface area (Å²) in [7, 11) is 0. The van der Waals surface area contributed by atoms with Crippen LogP contribution in [0.5, 0.6) is 0 Å². The van der Waals surface area contributed by atoms with E-state index in [1.807, 2.05) is 6.92 Å². The van der Waals surface area contributed by atoms with Gasteiger partial charge >= 0.3 is 5.97 Å². The Balaban J connectivity index is 3.20. The van der Waals surface area contributed by atoms with Crippen LogP contribution in [-0.2, 0) is 9.53 Å². The molecule has 0 saturated heterocycles. The lowest BCUT2D eigenvalue weighted by Gasteiger charge is -2.00. The molecule has 0 radical (unpaired) electrons. The summed E-state index contributed by atoms with van der Waals surface area (Å²) in [4.78, 5) is 10.3. The highest BCUT2D eigenvalue weighted by Crippen LogP contribution is 1.94. The molecule has 0 aliphatic carbocycles. The molecule has 0 spiro atoms. The van der Waals surface area contributed by atoms with Gasteiger partial charge in [0.2, 0.25) is 0 Å². The molecule has 3 heteroatoms. The molecule has 0 atom stereocenters. The standard InChI is InChI=1S/C7H12O3/c1-6(2)3-4-10-7(9)5-8/h8H,1,3-5H2,2H3. The maximum absolute atomic E-state index is 10.3. The zero-order valence-electron chi connectivity index (χ0n) is 6.09. The molecule has 0 fully saturated rings. The summed E-state index contributed by atoms with van der Waals surface area (Å²) < 4.78 is 4.55. The number of hydrogen-bond donors (Lipinski definition) is 1. The van der Waals surface area contributed by atoms with Gasteiger partial charge in [-0.1, -0.05) is 5.57 Å². The third kappa shape index (κ3) is 5.31. The minimum Gasteiger partial charge on any atom is -0.464 e. The first-order chi connectivity index (χ1) is 4.66. The van der Waals surface area contributed by atoms with E-state index in [4.69, 9.17) is 5.11 Å². The lowest BCUT2D eigenvalue weighted by Crippen LogP contribution is -2.09. The van der Waals surface area contributed by atoms with Gasteiger partial charge < -0.3 is 9.84 Å². The fourth-order valence-corrected chi connectivity index (χ4v) is 0.385. The summed E-state index contributed by atoms with van der Waals surface area (Å²) in [6, 6.07) is 0. The first-order valence-corrected chi connectivity index (χ1v) is 3.07. The van der Waals surface area contributed by atoms with Crippen LogP contribution >= 0.6 is 0 Å². The number of carbonyl (C=O) groups excluding carboxylic acids is 1. The smallest absolute Gasteiger partial charge is 0.331 e. The van der Waals surface area contributed by atoms with Gasteiger partial charge in [-0.3, -0.25) is 0 Å². The highest BCUT2D eigenvalue weighted by atomic mass is 16.5. The highest BCUT2D eigenvalue weighted by molar-refractivity contribution is 5.70. The van der Waals surface area contributed by atoms with E-state index in [1.54, 1.807) is 0 Å². The molecule has 0 rings (SSSR count). The van der Waals surface area contributed by atoms with E-state index in [0.717, 1.165) is 5.57 Å². The van der Waals surface area contributed by atoms with Crippen LogP contribution < -0.4 is 0 Å². The Morgan fingerprint density at radius 1 is 1.70 bits per heavy atom. The van der Waals surface area contributed by atoms with E-state index >= 15 is 0 Å². The topological polar surface area (TPSA) is 46.5 Å². The second-order valence-corrected chi connectivity index (χ2v) is 2.09. The van der Waals surface area contributed by atoms with Crippen LogP contribution in [0.2, 0.25) is 0 Å². The third-order valence-electron chi connectivity index (χ3n) is 0.921. The molecule has 0 aromatic rings. The average molecular weight is 144 g/mol. The number of aliphatic hydroxyl groups is 1. The molecule has 1 N–H and O–H groups in total. The largest absolute Gasteiger partial charge is 0.464 e. The Hall–Kier alpha value is -0.830. The van der Waals surface area contributed by atoms with E-state index in [1.165, 1.54) is 0 Å². The van der Waals surface area contributed by atoms with Crippen molar-refractivity contribution in [1.82, 2.24) is 0 Å². The molecule has 0 amide bonds. The molecule has 0 aliphatic rings. The van der Waals surface area contributed by atoms with Crippen LogP contribution in [0.4, 0.5) is 0 Å². The van der Waals surface area contributed by atoms with Crippen LogP contribution in [0.1, 0.15) is 13.3 Å². The van der Waals surface area contributed by atoms with Gasteiger partial charge in [0.05, 0.1) is 6.61 Å². The van der Waals surface area contributed by atoms with Crippen molar-refractivity contribution in [3.8, 4) is 0 Å². The van der Waals surface area contributed by atoms with Crippen LogP contribution in [0.25, 0.3) is 0 Å². The number of ether oxygens (including phenoxy) is 1. The van der Waals surface area contributed by atoms with E-state index in [2.05, 4.69) is 11.3 Å². The monoisotopic (exact) mass is 144 g/mol. The van der Waals surface area contributed by atoms with Gasteiger partial charge in [-0.05, 0) is 6.92 Å². The second-order valence-electron chi connectivity index (χ2n) is 2.09. The minimum atomic E-state index is -0.582. The summed E-state index contributed by atoms with van der Waals surface area (Å²) in [5.74, 6) is -0.582. The molecule has 0 aromatic carbocycles.